The maximum Gasteiger partial charge on any atom is 0.326 e. The molecule has 1 aromatic carbocycles. The van der Waals surface area contributed by atoms with Gasteiger partial charge < -0.3 is 15.0 Å². The normalized spacial score (nSPS) is 14.0. The number of carbonyl (C=O) groups excluding carboxylic acids is 1. The molecule has 0 amide bonds. The Morgan fingerprint density at radius 3 is 2.90 bits per heavy atom. The van der Waals surface area contributed by atoms with Gasteiger partial charge in [-0.05, 0) is 32.0 Å². The maximum atomic E-state index is 12.0. The molecule has 1 atom stereocenters. The van der Waals surface area contributed by atoms with Gasteiger partial charge in [-0.25, -0.2) is 4.98 Å². The van der Waals surface area contributed by atoms with Crippen molar-refractivity contribution < 1.29 is 9.53 Å². The summed E-state index contributed by atoms with van der Waals surface area (Å²) in [4.78, 5) is 19.8. The Balaban J connectivity index is 2.08. The van der Waals surface area contributed by atoms with E-state index in [0.717, 1.165) is 29.2 Å². The second kappa shape index (κ2) is 6.95. The zero-order valence-electron chi connectivity index (χ0n) is 12.6. The molecule has 1 heterocycles. The minimum absolute atomic E-state index is 0.250. The highest BCUT2D eigenvalue weighted by Crippen LogP contribution is 2.23. The summed E-state index contributed by atoms with van der Waals surface area (Å²) in [5.74, 6) is 0.305. The lowest BCUT2D eigenvalue weighted by molar-refractivity contribution is -0.146. The van der Waals surface area contributed by atoms with E-state index in [0.29, 0.717) is 5.75 Å². The Morgan fingerprint density at radius 2 is 2.24 bits per heavy atom. The fourth-order valence-corrected chi connectivity index (χ4v) is 3.01. The number of nitrogens with zero attached hydrogens (tertiary/aromatic N) is 1. The number of imidazole rings is 1. The maximum absolute atomic E-state index is 12.0. The third kappa shape index (κ3) is 3.77. The average Bonchev–Trinajstić information content (AvgIpc) is 2.93. The van der Waals surface area contributed by atoms with Gasteiger partial charge in [0.05, 0.1) is 18.1 Å². The number of nitrogens with one attached hydrogen (secondary N) is 2. The quantitative estimate of drug-likeness (QED) is 0.608. The van der Waals surface area contributed by atoms with E-state index < -0.39 is 5.54 Å². The van der Waals surface area contributed by atoms with Gasteiger partial charge in [0.25, 0.3) is 0 Å². The van der Waals surface area contributed by atoms with Crippen LogP contribution in [0.25, 0.3) is 11.0 Å². The van der Waals surface area contributed by atoms with Crippen molar-refractivity contribution in [3.05, 3.63) is 24.3 Å². The fourth-order valence-electron chi connectivity index (χ4n) is 2.02. The first-order valence-corrected chi connectivity index (χ1v) is 7.98. The van der Waals surface area contributed by atoms with Crippen LogP contribution in [0.2, 0.25) is 0 Å². The van der Waals surface area contributed by atoms with Crippen LogP contribution in [0.5, 0.6) is 0 Å². The summed E-state index contributed by atoms with van der Waals surface area (Å²) in [7, 11) is 1.42. The summed E-state index contributed by atoms with van der Waals surface area (Å²) in [6, 6.07) is 7.88. The first kappa shape index (κ1) is 15.9. The molecule has 114 valence electrons. The van der Waals surface area contributed by atoms with E-state index in [1.807, 2.05) is 31.2 Å². The first-order valence-electron chi connectivity index (χ1n) is 7.00. The van der Waals surface area contributed by atoms with Crippen molar-refractivity contribution in [1.29, 1.82) is 0 Å². The number of aromatic nitrogens is 2. The predicted molar refractivity (Wildman–Crippen MR) is 85.5 cm³/mol. The second-order valence-corrected chi connectivity index (χ2v) is 6.06. The zero-order chi connectivity index (χ0) is 15.3. The number of hydrogen-bond donors (Lipinski definition) is 2. The lowest BCUT2D eigenvalue weighted by atomic mass is 10.1. The van der Waals surface area contributed by atoms with E-state index in [-0.39, 0.29) is 5.97 Å². The van der Waals surface area contributed by atoms with Gasteiger partial charge in [-0.3, -0.25) is 4.79 Å². The zero-order valence-corrected chi connectivity index (χ0v) is 13.4. The second-order valence-electron chi connectivity index (χ2n) is 5.10. The molecule has 0 saturated carbocycles. The van der Waals surface area contributed by atoms with Crippen molar-refractivity contribution >= 4 is 28.8 Å². The molecule has 2 aromatic rings. The van der Waals surface area contributed by atoms with Crippen molar-refractivity contribution in [3.63, 3.8) is 0 Å². The van der Waals surface area contributed by atoms with E-state index in [1.54, 1.807) is 0 Å². The number of fused-ring (bicyclic) bond motifs is 1. The number of rotatable bonds is 7. The lowest BCUT2D eigenvalue weighted by Gasteiger charge is -2.27. The van der Waals surface area contributed by atoms with Gasteiger partial charge in [0.15, 0.2) is 5.16 Å². The summed E-state index contributed by atoms with van der Waals surface area (Å²) < 4.78 is 4.91. The molecule has 0 aliphatic carbocycles. The van der Waals surface area contributed by atoms with Crippen molar-refractivity contribution in [1.82, 2.24) is 15.3 Å². The predicted octanol–water partition coefficient (Wildman–Crippen LogP) is 2.59. The summed E-state index contributed by atoms with van der Waals surface area (Å²) in [5, 5.41) is 4.07. The van der Waals surface area contributed by atoms with Crippen LogP contribution in [0, 0.1) is 0 Å². The van der Waals surface area contributed by atoms with E-state index in [9.17, 15) is 4.79 Å². The van der Waals surface area contributed by atoms with E-state index in [4.69, 9.17) is 4.74 Å². The summed E-state index contributed by atoms with van der Waals surface area (Å²) in [5.41, 5.74) is 1.22. The van der Waals surface area contributed by atoms with Crippen molar-refractivity contribution in [2.24, 2.45) is 0 Å². The van der Waals surface area contributed by atoms with Gasteiger partial charge in [0.2, 0.25) is 0 Å². The van der Waals surface area contributed by atoms with Gasteiger partial charge in [0, 0.05) is 5.75 Å². The molecular weight excluding hydrogens is 286 g/mol. The molecule has 2 rings (SSSR count). The van der Waals surface area contributed by atoms with E-state index in [2.05, 4.69) is 22.2 Å². The number of para-hydroxylation sites is 2. The number of thioether (sulfide) groups is 1. The third-order valence-corrected chi connectivity index (χ3v) is 4.45. The van der Waals surface area contributed by atoms with E-state index >= 15 is 0 Å². The molecule has 5 nitrogen and oxygen atoms in total. The van der Waals surface area contributed by atoms with Crippen LogP contribution in [0.4, 0.5) is 0 Å². The number of carbonyl (C=O) groups is 1. The summed E-state index contributed by atoms with van der Waals surface area (Å²) >= 11 is 1.52. The molecule has 0 radical (unpaired) electrons. The molecule has 0 spiro atoms. The minimum atomic E-state index is -0.714. The molecule has 6 heteroatoms. The number of ether oxygens (including phenoxy) is 1. The molecule has 0 fully saturated rings. The summed E-state index contributed by atoms with van der Waals surface area (Å²) in [6.07, 6.45) is 0.960. The third-order valence-electron chi connectivity index (χ3n) is 3.27. The van der Waals surface area contributed by atoms with Crippen LogP contribution in [0.1, 0.15) is 20.3 Å². The van der Waals surface area contributed by atoms with Crippen LogP contribution < -0.4 is 5.32 Å². The highest BCUT2D eigenvalue weighted by Gasteiger charge is 2.34. The Hall–Kier alpha value is -1.53. The van der Waals surface area contributed by atoms with Gasteiger partial charge in [-0.1, -0.05) is 30.8 Å². The number of H-pyrrole nitrogens is 1. The average molecular weight is 307 g/mol. The van der Waals surface area contributed by atoms with Crippen LogP contribution in [0.3, 0.4) is 0 Å². The minimum Gasteiger partial charge on any atom is -0.468 e. The largest absolute Gasteiger partial charge is 0.468 e. The van der Waals surface area contributed by atoms with Gasteiger partial charge in [-0.15, -0.1) is 0 Å². The molecule has 2 N–H and O–H groups in total. The molecule has 0 aliphatic heterocycles. The molecule has 1 aromatic heterocycles. The van der Waals surface area contributed by atoms with Gasteiger partial charge in [-0.2, -0.15) is 0 Å². The van der Waals surface area contributed by atoms with Crippen LogP contribution in [-0.2, 0) is 9.53 Å². The molecule has 21 heavy (non-hydrogen) atoms. The summed E-state index contributed by atoms with van der Waals surface area (Å²) in [6.45, 7) is 4.70. The number of aromatic amines is 1. The SMILES string of the molecule is CCCNC(C)(CSc1nc2ccccc2[nH]1)C(=O)OC. The Kier molecular flexibility index (Phi) is 5.25. The Morgan fingerprint density at radius 1 is 1.48 bits per heavy atom. The monoisotopic (exact) mass is 307 g/mol. The molecule has 0 aliphatic rings. The Labute approximate surface area is 128 Å². The van der Waals surface area contributed by atoms with Gasteiger partial charge >= 0.3 is 5.97 Å². The van der Waals surface area contributed by atoms with Crippen molar-refractivity contribution in [3.8, 4) is 0 Å². The molecule has 0 bridgehead atoms. The fraction of sp³-hybridized carbons (Fsp3) is 0.467. The molecule has 1 unspecified atom stereocenters. The van der Waals surface area contributed by atoms with Crippen LogP contribution >= 0.6 is 11.8 Å². The smallest absolute Gasteiger partial charge is 0.326 e. The highest BCUT2D eigenvalue weighted by molar-refractivity contribution is 7.99. The van der Waals surface area contributed by atoms with Crippen LogP contribution in [-0.4, -0.2) is 40.9 Å². The lowest BCUT2D eigenvalue weighted by Crippen LogP contribution is -2.52. The number of hydrogen-bond acceptors (Lipinski definition) is 5. The molecular formula is C15H21N3O2S. The topological polar surface area (TPSA) is 67.0 Å². The van der Waals surface area contributed by atoms with E-state index in [1.165, 1.54) is 18.9 Å². The van der Waals surface area contributed by atoms with Crippen LogP contribution in [0.15, 0.2) is 29.4 Å². The number of methoxy groups -OCH3 is 1. The number of esters is 1. The Bertz CT molecular complexity index is 581. The highest BCUT2D eigenvalue weighted by atomic mass is 32.2. The van der Waals surface area contributed by atoms with Gasteiger partial charge in [0.1, 0.15) is 5.54 Å². The first-order chi connectivity index (χ1) is 10.1. The molecule has 0 saturated heterocycles. The van der Waals surface area contributed by atoms with Crippen molar-refractivity contribution in [2.75, 3.05) is 19.4 Å². The standard InChI is InChI=1S/C15H21N3O2S/c1-4-9-16-15(2,13(19)20-3)10-21-14-17-11-7-5-6-8-12(11)18-14/h5-8,16H,4,9-10H2,1-3H3,(H,17,18). The van der Waals surface area contributed by atoms with Crippen molar-refractivity contribution in [2.45, 2.75) is 31.0 Å². The number of benzene rings is 1.